The van der Waals surface area contributed by atoms with Gasteiger partial charge in [-0.15, -0.1) is 0 Å². The first-order chi connectivity index (χ1) is 7.69. The van der Waals surface area contributed by atoms with Gasteiger partial charge in [-0.1, -0.05) is 23.7 Å². The highest BCUT2D eigenvalue weighted by atomic mass is 35.5. The quantitative estimate of drug-likeness (QED) is 0.874. The van der Waals surface area contributed by atoms with Gasteiger partial charge in [0.15, 0.2) is 0 Å². The Labute approximate surface area is 98.9 Å². The molecule has 86 valence electrons. The summed E-state index contributed by atoms with van der Waals surface area (Å²) in [6, 6.07) is 7.40. The van der Waals surface area contributed by atoms with Crippen molar-refractivity contribution in [3.63, 3.8) is 0 Å². The molecule has 5 heteroatoms. The number of hydrogen-bond donors (Lipinski definition) is 1. The number of nitrogens with two attached hydrogens (primary N) is 1. The van der Waals surface area contributed by atoms with E-state index in [0.29, 0.717) is 24.7 Å². The van der Waals surface area contributed by atoms with Crippen molar-refractivity contribution < 1.29 is 9.53 Å². The monoisotopic (exact) mass is 240 g/mol. The van der Waals surface area contributed by atoms with Gasteiger partial charge in [-0.3, -0.25) is 0 Å². The molecule has 2 N–H and O–H groups in total. The third-order valence-electron chi connectivity index (χ3n) is 2.50. The maximum Gasteiger partial charge on any atom is 0.410 e. The fourth-order valence-corrected chi connectivity index (χ4v) is 1.76. The Hall–Kier alpha value is -1.26. The minimum Gasteiger partial charge on any atom is -0.443 e. The molecular weight excluding hydrogens is 228 g/mol. The highest BCUT2D eigenvalue weighted by molar-refractivity contribution is 6.30. The van der Waals surface area contributed by atoms with E-state index in [0.717, 1.165) is 5.56 Å². The molecule has 1 amide bonds. The summed E-state index contributed by atoms with van der Waals surface area (Å²) in [5.41, 5.74) is 6.48. The number of halogens is 1. The van der Waals surface area contributed by atoms with Gasteiger partial charge in [0, 0.05) is 18.1 Å². The van der Waals surface area contributed by atoms with Gasteiger partial charge in [0.1, 0.15) is 6.10 Å². The van der Waals surface area contributed by atoms with Crippen molar-refractivity contribution in [1.82, 2.24) is 4.90 Å². The zero-order valence-electron chi connectivity index (χ0n) is 8.73. The molecule has 1 aromatic carbocycles. The SMILES string of the molecule is NC[C@H]1CN(Cc2ccc(Cl)cc2)C(=O)O1. The number of benzene rings is 1. The highest BCUT2D eigenvalue weighted by Gasteiger charge is 2.29. The maximum atomic E-state index is 11.4. The molecule has 2 rings (SSSR count). The Morgan fingerprint density at radius 3 is 2.69 bits per heavy atom. The summed E-state index contributed by atoms with van der Waals surface area (Å²) in [6.45, 7) is 1.45. The largest absolute Gasteiger partial charge is 0.443 e. The molecule has 0 aromatic heterocycles. The van der Waals surface area contributed by atoms with Crippen LogP contribution in [0.25, 0.3) is 0 Å². The van der Waals surface area contributed by atoms with Crippen LogP contribution < -0.4 is 5.73 Å². The van der Waals surface area contributed by atoms with Crippen molar-refractivity contribution in [3.8, 4) is 0 Å². The summed E-state index contributed by atoms with van der Waals surface area (Å²) in [5.74, 6) is 0. The second kappa shape index (κ2) is 4.72. The van der Waals surface area contributed by atoms with Crippen LogP contribution in [0.4, 0.5) is 4.79 Å². The lowest BCUT2D eigenvalue weighted by atomic mass is 10.2. The van der Waals surface area contributed by atoms with Crippen molar-refractivity contribution in [2.24, 2.45) is 5.73 Å². The van der Waals surface area contributed by atoms with Gasteiger partial charge in [0.2, 0.25) is 0 Å². The van der Waals surface area contributed by atoms with Crippen LogP contribution in [0.5, 0.6) is 0 Å². The minimum atomic E-state index is -0.301. The molecule has 0 spiro atoms. The fraction of sp³-hybridized carbons (Fsp3) is 0.364. The summed E-state index contributed by atoms with van der Waals surface area (Å²) >= 11 is 5.78. The number of nitrogens with zero attached hydrogens (tertiary/aromatic N) is 1. The Balaban J connectivity index is 2.00. The number of amides is 1. The van der Waals surface area contributed by atoms with Gasteiger partial charge >= 0.3 is 6.09 Å². The second-order valence-corrected chi connectivity index (χ2v) is 4.18. The lowest BCUT2D eigenvalue weighted by molar-refractivity contribution is 0.134. The van der Waals surface area contributed by atoms with E-state index in [2.05, 4.69) is 0 Å². The molecule has 0 aliphatic carbocycles. The van der Waals surface area contributed by atoms with Crippen molar-refractivity contribution >= 4 is 17.7 Å². The van der Waals surface area contributed by atoms with E-state index in [1.165, 1.54) is 0 Å². The van der Waals surface area contributed by atoms with E-state index in [-0.39, 0.29) is 12.2 Å². The third-order valence-corrected chi connectivity index (χ3v) is 2.75. The molecule has 0 bridgehead atoms. The summed E-state index contributed by atoms with van der Waals surface area (Å²) in [4.78, 5) is 13.1. The predicted octanol–water partition coefficient (Wildman–Crippen LogP) is 1.62. The zero-order chi connectivity index (χ0) is 11.5. The topological polar surface area (TPSA) is 55.6 Å². The normalized spacial score (nSPS) is 20.0. The van der Waals surface area contributed by atoms with Crippen molar-refractivity contribution in [1.29, 1.82) is 0 Å². The molecule has 0 saturated carbocycles. The molecule has 4 nitrogen and oxygen atoms in total. The van der Waals surface area contributed by atoms with E-state index in [4.69, 9.17) is 22.1 Å². The standard InChI is InChI=1S/C11H13ClN2O2/c12-9-3-1-8(2-4-9)6-14-7-10(5-13)16-11(14)15/h1-4,10H,5-7,13H2/t10-/m0/s1. The molecule has 1 heterocycles. The molecule has 1 atom stereocenters. The Morgan fingerprint density at radius 2 is 2.12 bits per heavy atom. The minimum absolute atomic E-state index is 0.181. The van der Waals surface area contributed by atoms with E-state index in [9.17, 15) is 4.79 Å². The van der Waals surface area contributed by atoms with Crippen LogP contribution >= 0.6 is 11.6 Å². The first-order valence-electron chi connectivity index (χ1n) is 5.09. The van der Waals surface area contributed by atoms with Gasteiger partial charge in [0.25, 0.3) is 0 Å². The first-order valence-corrected chi connectivity index (χ1v) is 5.47. The summed E-state index contributed by atoms with van der Waals surface area (Å²) in [5, 5.41) is 0.688. The van der Waals surface area contributed by atoms with Crippen LogP contribution in [0, 0.1) is 0 Å². The maximum absolute atomic E-state index is 11.4. The van der Waals surface area contributed by atoms with Crippen LogP contribution in [0.1, 0.15) is 5.56 Å². The first kappa shape index (κ1) is 11.2. The van der Waals surface area contributed by atoms with Crippen molar-refractivity contribution in [3.05, 3.63) is 34.9 Å². The molecule has 1 aromatic rings. The summed E-state index contributed by atoms with van der Waals surface area (Å²) < 4.78 is 5.05. The molecule has 16 heavy (non-hydrogen) atoms. The molecular formula is C11H13ClN2O2. The van der Waals surface area contributed by atoms with Crippen molar-refractivity contribution in [2.75, 3.05) is 13.1 Å². The third kappa shape index (κ3) is 2.46. The van der Waals surface area contributed by atoms with E-state index in [1.807, 2.05) is 12.1 Å². The van der Waals surface area contributed by atoms with Crippen LogP contribution in [0.3, 0.4) is 0 Å². The van der Waals surface area contributed by atoms with Crippen LogP contribution in [-0.4, -0.2) is 30.2 Å². The number of ether oxygens (including phenoxy) is 1. The Morgan fingerprint density at radius 1 is 1.44 bits per heavy atom. The summed E-state index contributed by atoms with van der Waals surface area (Å²) in [6.07, 6.45) is -0.481. The highest BCUT2D eigenvalue weighted by Crippen LogP contribution is 2.16. The number of carbonyl (C=O) groups is 1. The van der Waals surface area contributed by atoms with E-state index in [1.54, 1.807) is 17.0 Å². The van der Waals surface area contributed by atoms with E-state index >= 15 is 0 Å². The zero-order valence-corrected chi connectivity index (χ0v) is 9.48. The lowest BCUT2D eigenvalue weighted by Gasteiger charge is -2.12. The van der Waals surface area contributed by atoms with Crippen molar-refractivity contribution in [2.45, 2.75) is 12.6 Å². The number of cyclic esters (lactones) is 1. The van der Waals surface area contributed by atoms with Crippen LogP contribution in [-0.2, 0) is 11.3 Å². The Bertz CT molecular complexity index is 380. The Kier molecular flexibility index (Phi) is 3.31. The molecule has 0 radical (unpaired) electrons. The van der Waals surface area contributed by atoms with E-state index < -0.39 is 0 Å². The van der Waals surface area contributed by atoms with Crippen LogP contribution in [0.15, 0.2) is 24.3 Å². The van der Waals surface area contributed by atoms with Gasteiger partial charge in [0.05, 0.1) is 6.54 Å². The molecule has 1 aliphatic heterocycles. The number of rotatable bonds is 3. The molecule has 1 fully saturated rings. The van der Waals surface area contributed by atoms with Gasteiger partial charge < -0.3 is 15.4 Å². The molecule has 1 aliphatic rings. The molecule has 0 unspecified atom stereocenters. The average molecular weight is 241 g/mol. The number of carbonyl (C=O) groups excluding carboxylic acids is 1. The predicted molar refractivity (Wildman–Crippen MR) is 61.2 cm³/mol. The van der Waals surface area contributed by atoms with Gasteiger partial charge in [-0.25, -0.2) is 4.79 Å². The lowest BCUT2D eigenvalue weighted by Crippen LogP contribution is -2.27. The second-order valence-electron chi connectivity index (χ2n) is 3.75. The average Bonchev–Trinajstić information content (AvgIpc) is 2.63. The fourth-order valence-electron chi connectivity index (χ4n) is 1.64. The summed E-state index contributed by atoms with van der Waals surface area (Å²) in [7, 11) is 0. The van der Waals surface area contributed by atoms with Crippen LogP contribution in [0.2, 0.25) is 5.02 Å². The number of hydrogen-bond acceptors (Lipinski definition) is 3. The smallest absolute Gasteiger partial charge is 0.410 e. The molecule has 1 saturated heterocycles. The van der Waals surface area contributed by atoms with Gasteiger partial charge in [-0.05, 0) is 17.7 Å². The van der Waals surface area contributed by atoms with Gasteiger partial charge in [-0.2, -0.15) is 0 Å².